The summed E-state index contributed by atoms with van der Waals surface area (Å²) in [5.74, 6) is -0.996. The molecular formula is C24H22ClN3O5. The number of carbonyl (C=O) groups is 2. The van der Waals surface area contributed by atoms with Crippen LogP contribution >= 0.6 is 11.6 Å². The molecule has 1 aromatic heterocycles. The van der Waals surface area contributed by atoms with Gasteiger partial charge in [0.05, 0.1) is 25.5 Å². The molecule has 0 saturated carbocycles. The number of carboxylic acid groups (broad SMARTS) is 1. The highest BCUT2D eigenvalue weighted by atomic mass is 35.5. The number of hydrogen-bond donors (Lipinski definition) is 1. The van der Waals surface area contributed by atoms with Crippen LogP contribution in [-0.2, 0) is 4.79 Å². The van der Waals surface area contributed by atoms with Crippen LogP contribution in [0.15, 0.2) is 48.7 Å². The Kier molecular flexibility index (Phi) is 6.46. The molecule has 0 aliphatic carbocycles. The largest absolute Gasteiger partial charge is 0.496 e. The van der Waals surface area contributed by atoms with Crippen LogP contribution in [0.25, 0.3) is 22.4 Å². The Labute approximate surface area is 195 Å². The lowest BCUT2D eigenvalue weighted by Gasteiger charge is -2.23. The van der Waals surface area contributed by atoms with Crippen LogP contribution in [0.2, 0.25) is 5.02 Å². The van der Waals surface area contributed by atoms with E-state index in [9.17, 15) is 14.7 Å². The summed E-state index contributed by atoms with van der Waals surface area (Å²) in [5.41, 5.74) is 2.74. The van der Waals surface area contributed by atoms with Crippen molar-refractivity contribution in [2.75, 3.05) is 20.8 Å². The molecule has 0 spiro atoms. The van der Waals surface area contributed by atoms with E-state index < -0.39 is 12.0 Å². The van der Waals surface area contributed by atoms with Crippen molar-refractivity contribution >= 4 is 23.5 Å². The van der Waals surface area contributed by atoms with Gasteiger partial charge < -0.3 is 19.5 Å². The Morgan fingerprint density at radius 2 is 1.91 bits per heavy atom. The van der Waals surface area contributed by atoms with Crippen molar-refractivity contribution < 1.29 is 24.2 Å². The lowest BCUT2D eigenvalue weighted by Crippen LogP contribution is -2.40. The minimum absolute atomic E-state index is 0.182. The van der Waals surface area contributed by atoms with Gasteiger partial charge in [0.15, 0.2) is 0 Å². The molecule has 1 aliphatic rings. The first-order valence-electron chi connectivity index (χ1n) is 10.3. The summed E-state index contributed by atoms with van der Waals surface area (Å²) >= 11 is 6.52. The van der Waals surface area contributed by atoms with Crippen LogP contribution in [0, 0.1) is 0 Å². The van der Waals surface area contributed by atoms with Crippen molar-refractivity contribution in [1.29, 1.82) is 0 Å². The highest BCUT2D eigenvalue weighted by Gasteiger charge is 2.35. The molecule has 3 aromatic rings. The summed E-state index contributed by atoms with van der Waals surface area (Å²) < 4.78 is 10.8. The second-order valence-electron chi connectivity index (χ2n) is 7.50. The fourth-order valence-corrected chi connectivity index (χ4v) is 4.30. The van der Waals surface area contributed by atoms with Crippen molar-refractivity contribution in [2.45, 2.75) is 18.9 Å². The summed E-state index contributed by atoms with van der Waals surface area (Å²) in [6.07, 6.45) is 2.63. The topological polar surface area (TPSA) is 102 Å². The van der Waals surface area contributed by atoms with Gasteiger partial charge in [0, 0.05) is 28.9 Å². The molecule has 2 aromatic carbocycles. The number of aromatic nitrogens is 2. The van der Waals surface area contributed by atoms with Gasteiger partial charge in [0.1, 0.15) is 11.8 Å². The molecule has 0 bridgehead atoms. The van der Waals surface area contributed by atoms with Gasteiger partial charge in [-0.25, -0.2) is 9.78 Å². The van der Waals surface area contributed by atoms with E-state index in [-0.39, 0.29) is 11.9 Å². The van der Waals surface area contributed by atoms with E-state index in [2.05, 4.69) is 9.97 Å². The fourth-order valence-electron chi connectivity index (χ4n) is 4.07. The molecule has 1 fully saturated rings. The van der Waals surface area contributed by atoms with Crippen molar-refractivity contribution in [3.63, 3.8) is 0 Å². The molecular weight excluding hydrogens is 446 g/mol. The number of benzene rings is 2. The third-order valence-corrected chi connectivity index (χ3v) is 5.93. The second-order valence-corrected chi connectivity index (χ2v) is 7.91. The fraction of sp³-hybridized carbons (Fsp3) is 0.250. The number of ether oxygens (including phenoxy) is 2. The average Bonchev–Trinajstić information content (AvgIpc) is 3.33. The molecule has 1 saturated heterocycles. The Morgan fingerprint density at radius 1 is 1.12 bits per heavy atom. The van der Waals surface area contributed by atoms with E-state index in [1.54, 1.807) is 30.5 Å². The maximum atomic E-state index is 13.4. The first kappa shape index (κ1) is 22.5. The Morgan fingerprint density at radius 3 is 2.61 bits per heavy atom. The molecule has 9 heteroatoms. The second kappa shape index (κ2) is 9.46. The summed E-state index contributed by atoms with van der Waals surface area (Å²) in [4.78, 5) is 34.9. The van der Waals surface area contributed by atoms with Crippen molar-refractivity contribution in [3.8, 4) is 34.1 Å². The maximum absolute atomic E-state index is 13.4. The van der Waals surface area contributed by atoms with Gasteiger partial charge in [-0.05, 0) is 42.7 Å². The third kappa shape index (κ3) is 4.34. The predicted octanol–water partition coefficient (Wildman–Crippen LogP) is 4.17. The lowest BCUT2D eigenvalue weighted by molar-refractivity contribution is -0.141. The van der Waals surface area contributed by atoms with Gasteiger partial charge in [-0.15, -0.1) is 0 Å². The number of nitrogens with zero attached hydrogens (tertiary/aromatic N) is 3. The minimum Gasteiger partial charge on any atom is -0.496 e. The predicted molar refractivity (Wildman–Crippen MR) is 123 cm³/mol. The molecule has 4 rings (SSSR count). The Balaban J connectivity index is 1.93. The maximum Gasteiger partial charge on any atom is 0.326 e. The quantitative estimate of drug-likeness (QED) is 0.580. The first-order valence-corrected chi connectivity index (χ1v) is 10.7. The average molecular weight is 468 g/mol. The molecule has 33 heavy (non-hydrogen) atoms. The van der Waals surface area contributed by atoms with Gasteiger partial charge in [0.25, 0.3) is 5.91 Å². The number of rotatable bonds is 6. The summed E-state index contributed by atoms with van der Waals surface area (Å²) in [6, 6.07) is 11.6. The van der Waals surface area contributed by atoms with Crippen molar-refractivity contribution in [1.82, 2.24) is 14.9 Å². The first-order chi connectivity index (χ1) is 15.9. The Bertz CT molecular complexity index is 1220. The number of methoxy groups -OCH3 is 2. The number of aliphatic carboxylic acids is 1. The number of carbonyl (C=O) groups excluding carboxylic acids is 1. The van der Waals surface area contributed by atoms with Crippen molar-refractivity contribution in [2.24, 2.45) is 0 Å². The number of halogens is 1. The SMILES string of the molecule is COc1nccc(-c2c(OC)cc(C(=O)N3CCCC3C(=O)O)cc2-c2ccccc2Cl)n1. The number of amides is 1. The van der Waals surface area contributed by atoms with Gasteiger partial charge in [-0.2, -0.15) is 4.98 Å². The van der Waals surface area contributed by atoms with Crippen LogP contribution in [-0.4, -0.2) is 58.7 Å². The Hall–Kier alpha value is -3.65. The monoisotopic (exact) mass is 467 g/mol. The van der Waals surface area contributed by atoms with Gasteiger partial charge in [-0.1, -0.05) is 29.8 Å². The van der Waals surface area contributed by atoms with Crippen molar-refractivity contribution in [3.05, 3.63) is 59.2 Å². The van der Waals surface area contributed by atoms with E-state index in [0.29, 0.717) is 58.1 Å². The van der Waals surface area contributed by atoms with Gasteiger partial charge in [0.2, 0.25) is 0 Å². The normalized spacial score (nSPS) is 15.4. The summed E-state index contributed by atoms with van der Waals surface area (Å²) in [5, 5.41) is 10.0. The minimum atomic E-state index is -1.01. The zero-order chi connectivity index (χ0) is 23.5. The molecule has 1 aliphatic heterocycles. The molecule has 170 valence electrons. The van der Waals surface area contributed by atoms with E-state index in [4.69, 9.17) is 21.1 Å². The van der Waals surface area contributed by atoms with Crippen LogP contribution in [0.5, 0.6) is 11.8 Å². The summed E-state index contributed by atoms with van der Waals surface area (Å²) in [7, 11) is 2.97. The third-order valence-electron chi connectivity index (χ3n) is 5.60. The zero-order valence-corrected chi connectivity index (χ0v) is 18.9. The highest BCUT2D eigenvalue weighted by molar-refractivity contribution is 6.33. The van der Waals surface area contributed by atoms with Gasteiger partial charge >= 0.3 is 12.0 Å². The van der Waals surface area contributed by atoms with Crippen LogP contribution in [0.4, 0.5) is 0 Å². The number of likely N-dealkylation sites (tertiary alicyclic amines) is 1. The van der Waals surface area contributed by atoms with Crippen LogP contribution in [0.3, 0.4) is 0 Å². The van der Waals surface area contributed by atoms with Crippen LogP contribution < -0.4 is 9.47 Å². The van der Waals surface area contributed by atoms with E-state index in [1.165, 1.54) is 19.1 Å². The molecule has 2 heterocycles. The zero-order valence-electron chi connectivity index (χ0n) is 18.1. The van der Waals surface area contributed by atoms with E-state index in [0.717, 1.165) is 0 Å². The van der Waals surface area contributed by atoms with E-state index in [1.807, 2.05) is 18.2 Å². The van der Waals surface area contributed by atoms with Gasteiger partial charge in [-0.3, -0.25) is 4.79 Å². The van der Waals surface area contributed by atoms with E-state index >= 15 is 0 Å². The lowest BCUT2D eigenvalue weighted by atomic mass is 9.93. The molecule has 1 amide bonds. The molecule has 0 radical (unpaired) electrons. The smallest absolute Gasteiger partial charge is 0.326 e. The summed E-state index contributed by atoms with van der Waals surface area (Å²) in [6.45, 7) is 0.379. The standard InChI is InChI=1S/C24H22ClN3O5/c1-32-20-13-14(22(29)28-11-5-8-19(28)23(30)31)12-16(15-6-3-4-7-17(15)25)21(20)18-9-10-26-24(27-18)33-2/h3-4,6-7,9-10,12-13,19H,5,8,11H2,1-2H3,(H,30,31). The molecule has 1 unspecified atom stereocenters. The number of hydrogen-bond acceptors (Lipinski definition) is 6. The molecule has 1 N–H and O–H groups in total. The molecule has 8 nitrogen and oxygen atoms in total. The number of carboxylic acids is 1. The van der Waals surface area contributed by atoms with Crippen LogP contribution in [0.1, 0.15) is 23.2 Å². The molecule has 1 atom stereocenters. The highest BCUT2D eigenvalue weighted by Crippen LogP contribution is 2.42.